The van der Waals surface area contributed by atoms with Crippen LogP contribution in [0.3, 0.4) is 0 Å². The molecule has 213 valence electrons. The number of nitrogens with zero attached hydrogens (tertiary/aromatic N) is 6. The Morgan fingerprint density at radius 2 is 0.805 bits per heavy atom. The zero-order chi connectivity index (χ0) is 29.4. The Labute approximate surface area is 239 Å². The standard InChI is InChI=1S/2C12H9N3O5.Co/c2*16-8-2-3-9(12(18)6-8)13-14-10-5-7(15(19)20)1-4-11(10)17;/h2*1-6,16-18H;. The van der Waals surface area contributed by atoms with Gasteiger partial charge < -0.3 is 30.6 Å². The van der Waals surface area contributed by atoms with Crippen LogP contribution in [0.25, 0.3) is 0 Å². The van der Waals surface area contributed by atoms with Gasteiger partial charge in [0, 0.05) is 53.2 Å². The van der Waals surface area contributed by atoms with Gasteiger partial charge in [0.25, 0.3) is 11.4 Å². The summed E-state index contributed by atoms with van der Waals surface area (Å²) < 4.78 is 0. The molecule has 0 heterocycles. The second kappa shape index (κ2) is 13.8. The maximum atomic E-state index is 10.6. The number of aromatic hydroxyl groups is 6. The van der Waals surface area contributed by atoms with Crippen LogP contribution in [-0.2, 0) is 16.8 Å². The third-order valence-electron chi connectivity index (χ3n) is 4.79. The summed E-state index contributed by atoms with van der Waals surface area (Å²) in [5.74, 6) is -1.45. The number of non-ortho nitro benzene ring substituents is 2. The molecule has 0 aliphatic heterocycles. The van der Waals surface area contributed by atoms with Gasteiger partial charge >= 0.3 is 0 Å². The van der Waals surface area contributed by atoms with Crippen molar-refractivity contribution >= 4 is 34.1 Å². The number of nitro groups is 2. The quantitative estimate of drug-likeness (QED) is 0.0813. The first-order valence-electron chi connectivity index (χ1n) is 10.8. The number of azo groups is 2. The fraction of sp³-hybridized carbons (Fsp3) is 0. The van der Waals surface area contributed by atoms with Crippen molar-refractivity contribution in [2.45, 2.75) is 0 Å². The molecule has 41 heavy (non-hydrogen) atoms. The van der Waals surface area contributed by atoms with Gasteiger partial charge in [0.2, 0.25) is 0 Å². The van der Waals surface area contributed by atoms with E-state index >= 15 is 0 Å². The van der Waals surface area contributed by atoms with Gasteiger partial charge in [0.15, 0.2) is 0 Å². The van der Waals surface area contributed by atoms with Gasteiger partial charge in [-0.15, -0.1) is 20.5 Å². The minimum atomic E-state index is -0.628. The molecule has 0 aliphatic rings. The maximum Gasteiger partial charge on any atom is 0.271 e. The predicted molar refractivity (Wildman–Crippen MR) is 137 cm³/mol. The van der Waals surface area contributed by atoms with Crippen molar-refractivity contribution in [3.8, 4) is 34.5 Å². The molecule has 0 saturated heterocycles. The topological polar surface area (TPSA) is 257 Å². The number of phenols is 6. The minimum Gasteiger partial charge on any atom is -0.508 e. The molecule has 0 amide bonds. The van der Waals surface area contributed by atoms with Gasteiger partial charge in [-0.3, -0.25) is 20.2 Å². The summed E-state index contributed by atoms with van der Waals surface area (Å²) in [5.41, 5.74) is -0.598. The van der Waals surface area contributed by atoms with Crippen molar-refractivity contribution in [3.05, 3.63) is 93.0 Å². The van der Waals surface area contributed by atoms with E-state index in [1.54, 1.807) is 0 Å². The maximum absolute atomic E-state index is 10.6. The van der Waals surface area contributed by atoms with Gasteiger partial charge in [-0.2, -0.15) is 0 Å². The normalized spacial score (nSPS) is 10.5. The zero-order valence-electron chi connectivity index (χ0n) is 20.3. The van der Waals surface area contributed by atoms with E-state index in [4.69, 9.17) is 10.2 Å². The fourth-order valence-corrected chi connectivity index (χ4v) is 2.82. The van der Waals surface area contributed by atoms with Crippen molar-refractivity contribution in [3.63, 3.8) is 0 Å². The van der Waals surface area contributed by atoms with E-state index < -0.39 is 9.85 Å². The van der Waals surface area contributed by atoms with Crippen LogP contribution in [0.2, 0.25) is 0 Å². The smallest absolute Gasteiger partial charge is 0.271 e. The Hall–Kier alpha value is -5.81. The summed E-state index contributed by atoms with van der Waals surface area (Å²) in [6.07, 6.45) is 0. The molecule has 0 spiro atoms. The first kappa shape index (κ1) is 31.4. The molecule has 4 rings (SSSR count). The molecule has 0 aliphatic carbocycles. The van der Waals surface area contributed by atoms with E-state index in [1.165, 1.54) is 24.3 Å². The molecule has 0 atom stereocenters. The van der Waals surface area contributed by atoms with Crippen molar-refractivity contribution in [1.29, 1.82) is 0 Å². The fourth-order valence-electron chi connectivity index (χ4n) is 2.82. The number of rotatable bonds is 6. The van der Waals surface area contributed by atoms with Crippen molar-refractivity contribution in [2.24, 2.45) is 20.5 Å². The van der Waals surface area contributed by atoms with Gasteiger partial charge in [0.05, 0.1) is 9.85 Å². The van der Waals surface area contributed by atoms with E-state index in [1.807, 2.05) is 0 Å². The average molecular weight is 609 g/mol. The van der Waals surface area contributed by atoms with Gasteiger partial charge in [-0.05, 0) is 36.4 Å². The zero-order valence-corrected chi connectivity index (χ0v) is 21.3. The summed E-state index contributed by atoms with van der Waals surface area (Å²) in [4.78, 5) is 20.0. The van der Waals surface area contributed by atoms with Gasteiger partial charge in [-0.25, -0.2) is 0 Å². The van der Waals surface area contributed by atoms with E-state index in [-0.39, 0.29) is 85.4 Å². The summed E-state index contributed by atoms with van der Waals surface area (Å²) in [6.45, 7) is 0. The summed E-state index contributed by atoms with van der Waals surface area (Å²) in [6, 6.07) is 14.0. The molecule has 0 saturated carbocycles. The minimum absolute atomic E-state index is 0. The molecule has 1 radical (unpaired) electrons. The van der Waals surface area contributed by atoms with Crippen LogP contribution in [0.1, 0.15) is 0 Å². The first-order valence-corrected chi connectivity index (χ1v) is 10.8. The molecule has 6 N–H and O–H groups in total. The van der Waals surface area contributed by atoms with Crippen LogP contribution < -0.4 is 0 Å². The number of hydrogen-bond acceptors (Lipinski definition) is 14. The Morgan fingerprint density at radius 3 is 1.12 bits per heavy atom. The van der Waals surface area contributed by atoms with Crippen LogP contribution in [0.4, 0.5) is 34.1 Å². The van der Waals surface area contributed by atoms with Crippen molar-refractivity contribution in [2.75, 3.05) is 0 Å². The first-order chi connectivity index (χ1) is 18.9. The van der Waals surface area contributed by atoms with E-state index in [2.05, 4.69) is 20.5 Å². The molecular weight excluding hydrogens is 591 g/mol. The van der Waals surface area contributed by atoms with E-state index in [0.717, 1.165) is 48.5 Å². The number of hydrogen-bond donors (Lipinski definition) is 6. The Balaban J connectivity index is 0.000000280. The Kier molecular flexibility index (Phi) is 10.6. The summed E-state index contributed by atoms with van der Waals surface area (Å²) >= 11 is 0. The van der Waals surface area contributed by atoms with E-state index in [9.17, 15) is 40.7 Å². The summed E-state index contributed by atoms with van der Waals surface area (Å²) in [5, 5.41) is 92.1. The number of nitro benzene ring substituents is 2. The van der Waals surface area contributed by atoms with Gasteiger partial charge in [-0.1, -0.05) is 0 Å². The Morgan fingerprint density at radius 1 is 0.463 bits per heavy atom. The molecule has 16 nitrogen and oxygen atoms in total. The molecule has 17 heteroatoms. The monoisotopic (exact) mass is 609 g/mol. The number of benzene rings is 4. The molecule has 0 bridgehead atoms. The molecule has 4 aromatic rings. The second-order valence-electron chi connectivity index (χ2n) is 7.61. The molecular formula is C24H18CoN6O10. The third-order valence-corrected chi connectivity index (χ3v) is 4.79. The van der Waals surface area contributed by atoms with Crippen molar-refractivity contribution < 1.29 is 57.3 Å². The van der Waals surface area contributed by atoms with Crippen molar-refractivity contribution in [1.82, 2.24) is 0 Å². The molecule has 0 aromatic heterocycles. The SMILES string of the molecule is O=[N+]([O-])c1ccc(O)c(N=Nc2ccc(O)cc2O)c1.O=[N+]([O-])c1ccc(O)c(N=Nc2ccc(O)cc2O)c1.[Co]. The van der Waals surface area contributed by atoms with Crippen LogP contribution in [0.5, 0.6) is 34.5 Å². The van der Waals surface area contributed by atoms with E-state index in [0.29, 0.717) is 0 Å². The second-order valence-corrected chi connectivity index (χ2v) is 7.61. The van der Waals surface area contributed by atoms with Crippen LogP contribution in [0.15, 0.2) is 93.3 Å². The van der Waals surface area contributed by atoms with Crippen LogP contribution >= 0.6 is 0 Å². The Bertz CT molecular complexity index is 1530. The largest absolute Gasteiger partial charge is 0.508 e. The third kappa shape index (κ3) is 8.60. The van der Waals surface area contributed by atoms with Gasteiger partial charge in [0.1, 0.15) is 57.2 Å². The molecule has 4 aromatic carbocycles. The average Bonchev–Trinajstić information content (AvgIpc) is 2.89. The molecule has 0 fully saturated rings. The van der Waals surface area contributed by atoms with Crippen LogP contribution in [-0.4, -0.2) is 40.5 Å². The predicted octanol–water partition coefficient (Wildman–Crippen LogP) is 6.25. The van der Waals surface area contributed by atoms with Crippen LogP contribution in [0, 0.1) is 20.2 Å². The molecule has 0 unspecified atom stereocenters. The number of phenolic OH excluding ortho intramolecular Hbond substituents is 6. The summed E-state index contributed by atoms with van der Waals surface area (Å²) in [7, 11) is 0.